The van der Waals surface area contributed by atoms with Crippen LogP contribution in [0.4, 0.5) is 11.4 Å². The van der Waals surface area contributed by atoms with Gasteiger partial charge in [-0.3, -0.25) is 4.68 Å². The van der Waals surface area contributed by atoms with Crippen LogP contribution in [-0.2, 0) is 6.54 Å². The lowest BCUT2D eigenvalue weighted by atomic mass is 10.2. The molecule has 0 radical (unpaired) electrons. The van der Waals surface area contributed by atoms with Crippen molar-refractivity contribution < 1.29 is 9.47 Å². The summed E-state index contributed by atoms with van der Waals surface area (Å²) in [5.74, 6) is 1.47. The average Bonchev–Trinajstić information content (AvgIpc) is 3.08. The van der Waals surface area contributed by atoms with E-state index < -0.39 is 0 Å². The summed E-state index contributed by atoms with van der Waals surface area (Å²) in [6.07, 6.45) is 3.59. The molecule has 2 aromatic carbocycles. The minimum atomic E-state index is 0.413. The first-order valence-electron chi connectivity index (χ1n) is 8.14. The van der Waals surface area contributed by atoms with Gasteiger partial charge in [-0.25, -0.2) is 0 Å². The molecule has 6 nitrogen and oxygen atoms in total. The second kappa shape index (κ2) is 8.75. The Morgan fingerprint density at radius 2 is 2.00 bits per heavy atom. The van der Waals surface area contributed by atoms with Crippen molar-refractivity contribution in [1.82, 2.24) is 9.78 Å². The van der Waals surface area contributed by atoms with Crippen molar-refractivity contribution in [2.75, 3.05) is 24.9 Å². The maximum absolute atomic E-state index is 6.04. The van der Waals surface area contributed by atoms with E-state index >= 15 is 0 Å². The molecule has 3 aromatic rings. The number of hydrogen-bond donors (Lipinski definition) is 2. The molecule has 0 spiro atoms. The normalized spacial score (nSPS) is 10.3. The minimum absolute atomic E-state index is 0.413. The van der Waals surface area contributed by atoms with Crippen molar-refractivity contribution in [2.45, 2.75) is 6.54 Å². The van der Waals surface area contributed by atoms with Crippen LogP contribution in [0.5, 0.6) is 11.5 Å². The molecular weight excluding hydrogens is 384 g/mol. The van der Waals surface area contributed by atoms with Crippen LogP contribution in [0, 0.1) is 0 Å². The standard InChI is InChI=1S/C19H19ClN4O2S/c1-25-16-5-3-4-13(8-16)11-24-12-15(10-21-24)22-19(27)23-17-9-14(20)6-7-18(17)26-2/h3-10,12H,11H2,1-2H3,(H2,22,23,27). The van der Waals surface area contributed by atoms with Crippen LogP contribution in [0.2, 0.25) is 5.02 Å². The SMILES string of the molecule is COc1cccc(Cn2cc(NC(=S)Nc3cc(Cl)ccc3OC)cn2)c1. The summed E-state index contributed by atoms with van der Waals surface area (Å²) in [5, 5.41) is 11.5. The topological polar surface area (TPSA) is 60.3 Å². The van der Waals surface area contributed by atoms with Gasteiger partial charge in [-0.15, -0.1) is 0 Å². The number of methoxy groups -OCH3 is 2. The zero-order valence-corrected chi connectivity index (χ0v) is 16.5. The van der Waals surface area contributed by atoms with Crippen LogP contribution in [0.15, 0.2) is 54.9 Å². The molecule has 0 aliphatic carbocycles. The quantitative estimate of drug-likeness (QED) is 0.595. The van der Waals surface area contributed by atoms with Crippen LogP contribution < -0.4 is 20.1 Å². The lowest BCUT2D eigenvalue weighted by Crippen LogP contribution is -2.19. The first-order valence-corrected chi connectivity index (χ1v) is 8.93. The molecule has 140 valence electrons. The van der Waals surface area contributed by atoms with E-state index in [9.17, 15) is 0 Å². The van der Waals surface area contributed by atoms with Crippen LogP contribution in [-0.4, -0.2) is 29.1 Å². The fourth-order valence-electron chi connectivity index (χ4n) is 2.54. The van der Waals surface area contributed by atoms with Gasteiger partial charge in [0.1, 0.15) is 11.5 Å². The molecule has 0 unspecified atom stereocenters. The van der Waals surface area contributed by atoms with E-state index in [2.05, 4.69) is 15.7 Å². The Morgan fingerprint density at radius 3 is 2.78 bits per heavy atom. The molecule has 1 aromatic heterocycles. The molecule has 0 fully saturated rings. The molecule has 2 N–H and O–H groups in total. The summed E-state index contributed by atoms with van der Waals surface area (Å²) in [6.45, 7) is 0.626. The summed E-state index contributed by atoms with van der Waals surface area (Å²) < 4.78 is 12.4. The molecule has 8 heteroatoms. The summed E-state index contributed by atoms with van der Waals surface area (Å²) in [5.41, 5.74) is 2.55. The Kier molecular flexibility index (Phi) is 6.16. The molecule has 1 heterocycles. The predicted molar refractivity (Wildman–Crippen MR) is 112 cm³/mol. The van der Waals surface area contributed by atoms with Gasteiger partial charge in [0.15, 0.2) is 5.11 Å². The molecule has 0 aliphatic rings. The number of nitrogens with one attached hydrogen (secondary N) is 2. The van der Waals surface area contributed by atoms with E-state index in [4.69, 9.17) is 33.3 Å². The predicted octanol–water partition coefficient (Wildman–Crippen LogP) is 4.41. The zero-order valence-electron chi connectivity index (χ0n) is 14.9. The number of halogens is 1. The van der Waals surface area contributed by atoms with Crippen molar-refractivity contribution in [1.29, 1.82) is 0 Å². The van der Waals surface area contributed by atoms with Crippen molar-refractivity contribution in [2.24, 2.45) is 0 Å². The lowest BCUT2D eigenvalue weighted by Gasteiger charge is -2.12. The summed E-state index contributed by atoms with van der Waals surface area (Å²) in [4.78, 5) is 0. The van der Waals surface area contributed by atoms with Gasteiger partial charge >= 0.3 is 0 Å². The van der Waals surface area contributed by atoms with Crippen molar-refractivity contribution in [3.63, 3.8) is 0 Å². The zero-order chi connectivity index (χ0) is 19.2. The van der Waals surface area contributed by atoms with Gasteiger partial charge in [0.2, 0.25) is 0 Å². The van der Waals surface area contributed by atoms with Crippen LogP contribution in [0.3, 0.4) is 0 Å². The largest absolute Gasteiger partial charge is 0.497 e. The van der Waals surface area contributed by atoms with Crippen LogP contribution >= 0.6 is 23.8 Å². The molecule has 0 saturated heterocycles. The fraction of sp³-hybridized carbons (Fsp3) is 0.158. The van der Waals surface area contributed by atoms with E-state index in [1.807, 2.05) is 35.1 Å². The number of thiocarbonyl (C=S) groups is 1. The van der Waals surface area contributed by atoms with Gasteiger partial charge in [-0.1, -0.05) is 23.7 Å². The highest BCUT2D eigenvalue weighted by molar-refractivity contribution is 7.80. The van der Waals surface area contributed by atoms with Crippen LogP contribution in [0.25, 0.3) is 0 Å². The smallest absolute Gasteiger partial charge is 0.175 e. The molecule has 0 saturated carbocycles. The Labute approximate surface area is 168 Å². The average molecular weight is 403 g/mol. The third-order valence-electron chi connectivity index (χ3n) is 3.78. The molecule has 0 atom stereocenters. The Bertz CT molecular complexity index is 945. The molecular formula is C19H19ClN4O2S. The number of benzene rings is 2. The number of ether oxygens (including phenoxy) is 2. The number of hydrogen-bond acceptors (Lipinski definition) is 4. The van der Waals surface area contributed by atoms with E-state index in [1.165, 1.54) is 0 Å². The first kappa shape index (κ1) is 19.0. The highest BCUT2D eigenvalue weighted by atomic mass is 35.5. The van der Waals surface area contributed by atoms with Crippen molar-refractivity contribution in [3.05, 3.63) is 65.4 Å². The molecule has 27 heavy (non-hydrogen) atoms. The number of rotatable bonds is 6. The van der Waals surface area contributed by atoms with Gasteiger partial charge in [0, 0.05) is 11.2 Å². The second-order valence-corrected chi connectivity index (χ2v) is 6.55. The van der Waals surface area contributed by atoms with Gasteiger partial charge in [-0.05, 0) is 48.1 Å². The van der Waals surface area contributed by atoms with Gasteiger partial charge < -0.3 is 20.1 Å². The van der Waals surface area contributed by atoms with E-state index in [-0.39, 0.29) is 0 Å². The van der Waals surface area contributed by atoms with E-state index in [0.717, 1.165) is 17.0 Å². The molecule has 3 rings (SSSR count). The second-order valence-electron chi connectivity index (χ2n) is 5.70. The maximum Gasteiger partial charge on any atom is 0.175 e. The highest BCUT2D eigenvalue weighted by Crippen LogP contribution is 2.27. The molecule has 0 bridgehead atoms. The third kappa shape index (κ3) is 5.12. The van der Waals surface area contributed by atoms with Gasteiger partial charge in [0.25, 0.3) is 0 Å². The molecule has 0 aliphatic heterocycles. The Balaban J connectivity index is 1.63. The summed E-state index contributed by atoms with van der Waals surface area (Å²) in [7, 11) is 3.24. The number of nitrogens with zero attached hydrogens (tertiary/aromatic N) is 2. The molecule has 0 amide bonds. The third-order valence-corrected chi connectivity index (χ3v) is 4.22. The number of aromatic nitrogens is 2. The van der Waals surface area contributed by atoms with Crippen molar-refractivity contribution in [3.8, 4) is 11.5 Å². The number of anilines is 2. The Morgan fingerprint density at radius 1 is 1.15 bits per heavy atom. The van der Waals surface area contributed by atoms with Gasteiger partial charge in [-0.2, -0.15) is 5.10 Å². The minimum Gasteiger partial charge on any atom is -0.497 e. The monoisotopic (exact) mass is 402 g/mol. The summed E-state index contributed by atoms with van der Waals surface area (Å²) in [6, 6.07) is 13.1. The highest BCUT2D eigenvalue weighted by Gasteiger charge is 2.07. The fourth-order valence-corrected chi connectivity index (χ4v) is 2.93. The Hall–Kier alpha value is -2.77. The maximum atomic E-state index is 6.04. The van der Waals surface area contributed by atoms with E-state index in [1.54, 1.807) is 38.6 Å². The lowest BCUT2D eigenvalue weighted by molar-refractivity contribution is 0.414. The van der Waals surface area contributed by atoms with Crippen molar-refractivity contribution >= 4 is 40.3 Å². The first-order chi connectivity index (χ1) is 13.1. The summed E-state index contributed by atoms with van der Waals surface area (Å²) >= 11 is 11.4. The van der Waals surface area contributed by atoms with Gasteiger partial charge in [0.05, 0.1) is 38.3 Å². The van der Waals surface area contributed by atoms with E-state index in [0.29, 0.717) is 28.1 Å². The van der Waals surface area contributed by atoms with Crippen LogP contribution in [0.1, 0.15) is 5.56 Å².